The Labute approximate surface area is 122 Å². The van der Waals surface area contributed by atoms with Gasteiger partial charge in [0.05, 0.1) is 6.04 Å². The minimum absolute atomic E-state index is 0.171. The molecule has 1 aliphatic heterocycles. The van der Waals surface area contributed by atoms with Crippen molar-refractivity contribution in [1.29, 1.82) is 0 Å². The normalized spacial score (nSPS) is 20.9. The van der Waals surface area contributed by atoms with E-state index in [9.17, 15) is 14.4 Å². The molecule has 1 aliphatic rings. The molecule has 1 unspecified atom stereocenters. The molecular weight excluding hydrogens is 274 g/mol. The molecule has 0 spiro atoms. The number of nitrogens with zero attached hydrogens (tertiary/aromatic N) is 1. The summed E-state index contributed by atoms with van der Waals surface area (Å²) in [7, 11) is 0. The van der Waals surface area contributed by atoms with E-state index in [0.717, 1.165) is 5.56 Å². The van der Waals surface area contributed by atoms with Gasteiger partial charge in [-0.05, 0) is 18.4 Å². The molecule has 112 valence electrons. The predicted octanol–water partition coefficient (Wildman–Crippen LogP) is 0.865. The SMILES string of the molecule is CC(=O)N1C(c2ccccc2)CC[C@H]1C(=O)ONC(N)=O. The number of carbonyl (C=O) groups excluding carboxylic acids is 3. The maximum Gasteiger partial charge on any atom is 0.354 e. The van der Waals surface area contributed by atoms with Crippen molar-refractivity contribution in [2.45, 2.75) is 31.8 Å². The molecule has 1 aromatic rings. The van der Waals surface area contributed by atoms with Crippen LogP contribution in [0, 0.1) is 0 Å². The van der Waals surface area contributed by atoms with E-state index in [1.807, 2.05) is 30.3 Å². The van der Waals surface area contributed by atoms with Crippen molar-refractivity contribution in [2.24, 2.45) is 5.73 Å². The number of carbonyl (C=O) groups is 3. The van der Waals surface area contributed by atoms with Gasteiger partial charge in [0, 0.05) is 6.92 Å². The van der Waals surface area contributed by atoms with Crippen molar-refractivity contribution in [3.63, 3.8) is 0 Å². The van der Waals surface area contributed by atoms with Gasteiger partial charge in [-0.15, -0.1) is 0 Å². The molecule has 1 fully saturated rings. The Kier molecular flexibility index (Phi) is 4.42. The first-order valence-electron chi connectivity index (χ1n) is 6.60. The van der Waals surface area contributed by atoms with Crippen LogP contribution in [0.1, 0.15) is 31.4 Å². The fourth-order valence-electron chi connectivity index (χ4n) is 2.65. The van der Waals surface area contributed by atoms with Crippen molar-refractivity contribution >= 4 is 17.9 Å². The van der Waals surface area contributed by atoms with E-state index in [0.29, 0.717) is 12.8 Å². The zero-order valence-corrected chi connectivity index (χ0v) is 11.6. The first-order chi connectivity index (χ1) is 10.0. The molecule has 0 saturated carbocycles. The number of primary amides is 1. The lowest BCUT2D eigenvalue weighted by molar-refractivity contribution is -0.158. The van der Waals surface area contributed by atoms with E-state index in [1.54, 1.807) is 5.48 Å². The molecule has 3 N–H and O–H groups in total. The number of amides is 3. The van der Waals surface area contributed by atoms with Crippen LogP contribution in [0.5, 0.6) is 0 Å². The molecule has 0 radical (unpaired) electrons. The lowest BCUT2D eigenvalue weighted by Crippen LogP contribution is -2.44. The highest BCUT2D eigenvalue weighted by Gasteiger charge is 2.41. The number of nitrogens with one attached hydrogen (secondary N) is 1. The summed E-state index contributed by atoms with van der Waals surface area (Å²) < 4.78 is 0. The number of benzene rings is 1. The van der Waals surface area contributed by atoms with Gasteiger partial charge in [0.25, 0.3) is 0 Å². The molecule has 0 aliphatic carbocycles. The zero-order valence-electron chi connectivity index (χ0n) is 11.6. The highest BCUT2D eigenvalue weighted by molar-refractivity contribution is 5.85. The minimum Gasteiger partial charge on any atom is -0.349 e. The highest BCUT2D eigenvalue weighted by atomic mass is 16.7. The topological polar surface area (TPSA) is 102 Å². The molecule has 7 nitrogen and oxygen atoms in total. The van der Waals surface area contributed by atoms with Crippen LogP contribution in [0.25, 0.3) is 0 Å². The molecule has 3 amide bonds. The highest BCUT2D eigenvalue weighted by Crippen LogP contribution is 2.36. The molecule has 1 saturated heterocycles. The van der Waals surface area contributed by atoms with E-state index < -0.39 is 18.0 Å². The summed E-state index contributed by atoms with van der Waals surface area (Å²) in [5.41, 5.74) is 7.60. The lowest BCUT2D eigenvalue weighted by atomic mass is 10.0. The van der Waals surface area contributed by atoms with Crippen molar-refractivity contribution < 1.29 is 19.2 Å². The fraction of sp³-hybridized carbons (Fsp3) is 0.357. The molecule has 7 heteroatoms. The van der Waals surface area contributed by atoms with Gasteiger partial charge in [0.1, 0.15) is 6.04 Å². The maximum atomic E-state index is 12.0. The third kappa shape index (κ3) is 3.31. The average molecular weight is 291 g/mol. The quantitative estimate of drug-likeness (QED) is 0.789. The van der Waals surface area contributed by atoms with Crippen LogP contribution in [0.4, 0.5) is 4.79 Å². The van der Waals surface area contributed by atoms with Crippen LogP contribution in [0.15, 0.2) is 30.3 Å². The van der Waals surface area contributed by atoms with E-state index in [1.165, 1.54) is 11.8 Å². The van der Waals surface area contributed by atoms with Gasteiger partial charge in [-0.3, -0.25) is 4.79 Å². The molecular formula is C14H17N3O4. The first-order valence-corrected chi connectivity index (χ1v) is 6.60. The second-order valence-electron chi connectivity index (χ2n) is 4.83. The summed E-state index contributed by atoms with van der Waals surface area (Å²) in [6.07, 6.45) is 1.12. The van der Waals surface area contributed by atoms with Crippen LogP contribution in [0.3, 0.4) is 0 Å². The van der Waals surface area contributed by atoms with Crippen LogP contribution < -0.4 is 11.2 Å². The summed E-state index contributed by atoms with van der Waals surface area (Å²) in [6.45, 7) is 1.41. The van der Waals surface area contributed by atoms with Gasteiger partial charge in [-0.25, -0.2) is 9.59 Å². The number of hydrogen-bond acceptors (Lipinski definition) is 4. The van der Waals surface area contributed by atoms with E-state index in [2.05, 4.69) is 4.84 Å². The Morgan fingerprint density at radius 2 is 1.90 bits per heavy atom. The summed E-state index contributed by atoms with van der Waals surface area (Å²) in [5, 5.41) is 0. The van der Waals surface area contributed by atoms with Crippen molar-refractivity contribution in [1.82, 2.24) is 10.4 Å². The maximum absolute atomic E-state index is 12.0. The lowest BCUT2D eigenvalue weighted by Gasteiger charge is -2.28. The summed E-state index contributed by atoms with van der Waals surface area (Å²) in [6, 6.07) is 7.62. The summed E-state index contributed by atoms with van der Waals surface area (Å²) in [4.78, 5) is 40.5. The molecule has 0 aromatic heterocycles. The smallest absolute Gasteiger partial charge is 0.349 e. The van der Waals surface area contributed by atoms with E-state index in [-0.39, 0.29) is 11.9 Å². The standard InChI is InChI=1S/C14H17N3O4/c1-9(18)17-11(10-5-3-2-4-6-10)7-8-12(17)13(19)21-16-14(15)20/h2-6,11-12H,7-8H2,1H3,(H3,15,16,20)/t11?,12-/m0/s1. The van der Waals surface area contributed by atoms with Crippen LogP contribution in [-0.4, -0.2) is 28.8 Å². The summed E-state index contributed by atoms with van der Waals surface area (Å²) >= 11 is 0. The van der Waals surface area contributed by atoms with Crippen LogP contribution in [-0.2, 0) is 14.4 Å². The number of urea groups is 1. The molecule has 0 bridgehead atoms. The fourth-order valence-corrected chi connectivity index (χ4v) is 2.65. The number of hydroxylamine groups is 1. The monoisotopic (exact) mass is 291 g/mol. The number of hydrogen-bond donors (Lipinski definition) is 2. The molecule has 1 aromatic carbocycles. The number of rotatable bonds is 2. The van der Waals surface area contributed by atoms with Crippen molar-refractivity contribution in [2.75, 3.05) is 0 Å². The van der Waals surface area contributed by atoms with Crippen LogP contribution in [0.2, 0.25) is 0 Å². The second kappa shape index (κ2) is 6.25. The third-order valence-corrected chi connectivity index (χ3v) is 3.46. The second-order valence-corrected chi connectivity index (χ2v) is 4.83. The summed E-state index contributed by atoms with van der Waals surface area (Å²) in [5.74, 6) is -0.912. The van der Waals surface area contributed by atoms with Crippen molar-refractivity contribution in [3.8, 4) is 0 Å². The molecule has 21 heavy (non-hydrogen) atoms. The van der Waals surface area contributed by atoms with E-state index in [4.69, 9.17) is 5.73 Å². The van der Waals surface area contributed by atoms with Crippen molar-refractivity contribution in [3.05, 3.63) is 35.9 Å². The Balaban J connectivity index is 2.15. The van der Waals surface area contributed by atoms with E-state index >= 15 is 0 Å². The Morgan fingerprint density at radius 3 is 2.48 bits per heavy atom. The van der Waals surface area contributed by atoms with Crippen LogP contribution >= 0.6 is 0 Å². The Hall–Kier alpha value is -2.57. The molecule has 2 rings (SSSR count). The predicted molar refractivity (Wildman–Crippen MR) is 73.5 cm³/mol. The molecule has 1 heterocycles. The largest absolute Gasteiger partial charge is 0.354 e. The van der Waals surface area contributed by atoms with Gasteiger partial charge in [0.2, 0.25) is 5.91 Å². The number of likely N-dealkylation sites (tertiary alicyclic amines) is 1. The van der Waals surface area contributed by atoms with Gasteiger partial charge in [-0.1, -0.05) is 30.3 Å². The Morgan fingerprint density at radius 1 is 1.24 bits per heavy atom. The van der Waals surface area contributed by atoms with Gasteiger partial charge in [0.15, 0.2) is 0 Å². The third-order valence-electron chi connectivity index (χ3n) is 3.46. The zero-order chi connectivity index (χ0) is 15.4. The Bertz CT molecular complexity index is 546. The van der Waals surface area contributed by atoms with Gasteiger partial charge < -0.3 is 15.5 Å². The number of nitrogens with two attached hydrogens (primary N) is 1. The first kappa shape index (κ1) is 14.8. The average Bonchev–Trinajstić information content (AvgIpc) is 2.90. The van der Waals surface area contributed by atoms with Gasteiger partial charge >= 0.3 is 12.0 Å². The minimum atomic E-state index is -0.963. The molecule has 2 atom stereocenters. The van der Waals surface area contributed by atoms with Gasteiger partial charge in [-0.2, -0.15) is 5.48 Å².